The number of morpholine rings is 1. The van der Waals surface area contributed by atoms with E-state index >= 15 is 0 Å². The predicted molar refractivity (Wildman–Crippen MR) is 112 cm³/mol. The Labute approximate surface area is 169 Å². The SMILES string of the molecule is CCNC(=O)Nc1ccc(-c2nc(N3CCOC[C@@H]3C)c3c(ncn3C)n2)cc1. The summed E-state index contributed by atoms with van der Waals surface area (Å²) in [6.45, 7) is 6.69. The van der Waals surface area contributed by atoms with Crippen molar-refractivity contribution in [3.8, 4) is 11.4 Å². The van der Waals surface area contributed by atoms with Crippen molar-refractivity contribution < 1.29 is 9.53 Å². The standard InChI is InChI=1S/C20H25N7O2/c1-4-21-20(28)23-15-7-5-14(6-8-15)17-24-18-16(26(3)12-22-18)19(25-17)27-9-10-29-11-13(27)2/h5-8,12-13H,4,9-11H2,1-3H3,(H2,21,23,28)/t13-/m0/s1. The summed E-state index contributed by atoms with van der Waals surface area (Å²) < 4.78 is 7.54. The number of benzene rings is 1. The maximum absolute atomic E-state index is 11.7. The van der Waals surface area contributed by atoms with Crippen LogP contribution in [0.4, 0.5) is 16.3 Å². The Bertz CT molecular complexity index is 1020. The summed E-state index contributed by atoms with van der Waals surface area (Å²) >= 11 is 0. The van der Waals surface area contributed by atoms with E-state index in [9.17, 15) is 4.79 Å². The summed E-state index contributed by atoms with van der Waals surface area (Å²) in [7, 11) is 1.95. The number of rotatable bonds is 4. The Balaban J connectivity index is 1.70. The number of fused-ring (bicyclic) bond motifs is 1. The summed E-state index contributed by atoms with van der Waals surface area (Å²) in [4.78, 5) is 28.0. The highest BCUT2D eigenvalue weighted by Crippen LogP contribution is 2.29. The first kappa shape index (κ1) is 19.1. The van der Waals surface area contributed by atoms with Crippen molar-refractivity contribution in [1.82, 2.24) is 24.8 Å². The maximum atomic E-state index is 11.7. The Morgan fingerprint density at radius 1 is 1.28 bits per heavy atom. The van der Waals surface area contributed by atoms with Crippen LogP contribution in [0.2, 0.25) is 0 Å². The number of aryl methyl sites for hydroxylation is 1. The number of amides is 2. The smallest absolute Gasteiger partial charge is 0.319 e. The van der Waals surface area contributed by atoms with Crippen LogP contribution in [0.3, 0.4) is 0 Å². The molecular formula is C20H25N7O2. The van der Waals surface area contributed by atoms with Gasteiger partial charge in [-0.1, -0.05) is 0 Å². The van der Waals surface area contributed by atoms with E-state index in [0.717, 1.165) is 23.4 Å². The third kappa shape index (κ3) is 3.86. The van der Waals surface area contributed by atoms with E-state index < -0.39 is 0 Å². The molecule has 0 aliphatic carbocycles. The Hall–Kier alpha value is -3.20. The highest BCUT2D eigenvalue weighted by atomic mass is 16.5. The molecule has 1 atom stereocenters. The van der Waals surface area contributed by atoms with Gasteiger partial charge in [-0.05, 0) is 38.1 Å². The number of aromatic nitrogens is 4. The number of hydrogen-bond donors (Lipinski definition) is 2. The van der Waals surface area contributed by atoms with Crippen LogP contribution in [-0.2, 0) is 11.8 Å². The van der Waals surface area contributed by atoms with Gasteiger partial charge in [0.25, 0.3) is 0 Å². The van der Waals surface area contributed by atoms with Crippen molar-refractivity contribution in [1.29, 1.82) is 0 Å². The zero-order valence-corrected chi connectivity index (χ0v) is 16.8. The Morgan fingerprint density at radius 2 is 2.07 bits per heavy atom. The van der Waals surface area contributed by atoms with Crippen LogP contribution in [0.15, 0.2) is 30.6 Å². The predicted octanol–water partition coefficient (Wildman–Crippen LogP) is 2.40. The van der Waals surface area contributed by atoms with Gasteiger partial charge in [0, 0.05) is 31.4 Å². The first-order valence-corrected chi connectivity index (χ1v) is 9.75. The van der Waals surface area contributed by atoms with E-state index in [4.69, 9.17) is 9.72 Å². The average Bonchev–Trinajstić information content (AvgIpc) is 3.09. The second kappa shape index (κ2) is 8.04. The number of anilines is 2. The number of urea groups is 1. The molecule has 0 saturated carbocycles. The maximum Gasteiger partial charge on any atom is 0.319 e. The molecule has 1 saturated heterocycles. The monoisotopic (exact) mass is 395 g/mol. The van der Waals surface area contributed by atoms with Gasteiger partial charge >= 0.3 is 6.03 Å². The fourth-order valence-electron chi connectivity index (χ4n) is 3.45. The molecule has 1 aliphatic rings. The number of imidazole rings is 1. The van der Waals surface area contributed by atoms with E-state index in [0.29, 0.717) is 36.9 Å². The minimum Gasteiger partial charge on any atom is -0.377 e. The summed E-state index contributed by atoms with van der Waals surface area (Å²) in [5.41, 5.74) is 3.15. The van der Waals surface area contributed by atoms with Gasteiger partial charge in [0.05, 0.1) is 25.6 Å². The van der Waals surface area contributed by atoms with Gasteiger partial charge in [0.2, 0.25) is 0 Å². The van der Waals surface area contributed by atoms with Crippen molar-refractivity contribution in [3.05, 3.63) is 30.6 Å². The third-order valence-corrected chi connectivity index (χ3v) is 4.93. The average molecular weight is 395 g/mol. The van der Waals surface area contributed by atoms with Gasteiger partial charge in [-0.3, -0.25) is 0 Å². The number of hydrogen-bond acceptors (Lipinski definition) is 6. The summed E-state index contributed by atoms with van der Waals surface area (Å²) in [6, 6.07) is 7.47. The van der Waals surface area contributed by atoms with Crippen molar-refractivity contribution >= 4 is 28.7 Å². The molecule has 9 heteroatoms. The highest BCUT2D eigenvalue weighted by molar-refractivity contribution is 5.90. The molecule has 0 spiro atoms. The van der Waals surface area contributed by atoms with Gasteiger partial charge < -0.3 is 24.8 Å². The van der Waals surface area contributed by atoms with Crippen LogP contribution in [0.5, 0.6) is 0 Å². The molecule has 1 aromatic carbocycles. The van der Waals surface area contributed by atoms with E-state index in [1.807, 2.05) is 42.8 Å². The first-order valence-electron chi connectivity index (χ1n) is 9.75. The minimum atomic E-state index is -0.227. The molecule has 0 radical (unpaired) electrons. The largest absolute Gasteiger partial charge is 0.377 e. The first-order chi connectivity index (χ1) is 14.1. The molecule has 1 fully saturated rings. The molecule has 2 amide bonds. The quantitative estimate of drug-likeness (QED) is 0.704. The molecular weight excluding hydrogens is 370 g/mol. The van der Waals surface area contributed by atoms with E-state index in [2.05, 4.69) is 32.4 Å². The number of carbonyl (C=O) groups is 1. The van der Waals surface area contributed by atoms with Crippen molar-refractivity contribution in [2.45, 2.75) is 19.9 Å². The number of ether oxygens (including phenoxy) is 1. The van der Waals surface area contributed by atoms with Gasteiger partial charge in [-0.2, -0.15) is 0 Å². The van der Waals surface area contributed by atoms with Gasteiger partial charge in [0.1, 0.15) is 5.52 Å². The van der Waals surface area contributed by atoms with Crippen molar-refractivity contribution in [2.24, 2.45) is 7.05 Å². The molecule has 2 N–H and O–H groups in total. The molecule has 29 heavy (non-hydrogen) atoms. The van der Waals surface area contributed by atoms with Crippen LogP contribution < -0.4 is 15.5 Å². The molecule has 1 aliphatic heterocycles. The molecule has 2 aromatic heterocycles. The minimum absolute atomic E-state index is 0.216. The lowest BCUT2D eigenvalue weighted by atomic mass is 10.2. The lowest BCUT2D eigenvalue weighted by molar-refractivity contribution is 0.0986. The fourth-order valence-corrected chi connectivity index (χ4v) is 3.45. The molecule has 3 aromatic rings. The molecule has 9 nitrogen and oxygen atoms in total. The Kier molecular flexibility index (Phi) is 5.30. The van der Waals surface area contributed by atoms with Crippen LogP contribution in [0.25, 0.3) is 22.6 Å². The zero-order chi connectivity index (χ0) is 20.4. The summed E-state index contributed by atoms with van der Waals surface area (Å²) in [5, 5.41) is 5.50. The van der Waals surface area contributed by atoms with Crippen LogP contribution in [-0.4, -0.2) is 57.9 Å². The summed E-state index contributed by atoms with van der Waals surface area (Å²) in [6.07, 6.45) is 1.76. The van der Waals surface area contributed by atoms with Gasteiger partial charge in [-0.25, -0.2) is 19.7 Å². The number of nitrogens with one attached hydrogen (secondary N) is 2. The lowest BCUT2D eigenvalue weighted by Gasteiger charge is -2.34. The van der Waals surface area contributed by atoms with Crippen LogP contribution in [0.1, 0.15) is 13.8 Å². The van der Waals surface area contributed by atoms with E-state index in [1.165, 1.54) is 0 Å². The second-order valence-corrected chi connectivity index (χ2v) is 7.08. The lowest BCUT2D eigenvalue weighted by Crippen LogP contribution is -2.44. The van der Waals surface area contributed by atoms with Gasteiger partial charge in [-0.15, -0.1) is 0 Å². The topological polar surface area (TPSA) is 97.2 Å². The Morgan fingerprint density at radius 3 is 2.79 bits per heavy atom. The molecule has 0 bridgehead atoms. The van der Waals surface area contributed by atoms with Crippen LogP contribution in [0, 0.1) is 0 Å². The van der Waals surface area contributed by atoms with Crippen molar-refractivity contribution in [3.63, 3.8) is 0 Å². The van der Waals surface area contributed by atoms with Gasteiger partial charge in [0.15, 0.2) is 17.3 Å². The highest BCUT2D eigenvalue weighted by Gasteiger charge is 2.25. The third-order valence-electron chi connectivity index (χ3n) is 4.93. The van der Waals surface area contributed by atoms with Crippen molar-refractivity contribution in [2.75, 3.05) is 36.5 Å². The number of carbonyl (C=O) groups excluding carboxylic acids is 1. The molecule has 4 rings (SSSR count). The summed E-state index contributed by atoms with van der Waals surface area (Å²) in [5.74, 6) is 1.47. The van der Waals surface area contributed by atoms with E-state index in [-0.39, 0.29) is 12.1 Å². The molecule has 0 unspecified atom stereocenters. The van der Waals surface area contributed by atoms with E-state index in [1.54, 1.807) is 6.33 Å². The molecule has 152 valence electrons. The van der Waals surface area contributed by atoms with Crippen LogP contribution >= 0.6 is 0 Å². The normalized spacial score (nSPS) is 16.8. The number of nitrogens with zero attached hydrogens (tertiary/aromatic N) is 5. The second-order valence-electron chi connectivity index (χ2n) is 7.08. The zero-order valence-electron chi connectivity index (χ0n) is 16.8. The fraction of sp³-hybridized carbons (Fsp3) is 0.400. The molecule has 3 heterocycles.